The van der Waals surface area contributed by atoms with E-state index in [1.807, 2.05) is 39.8 Å². The first-order valence-electron chi connectivity index (χ1n) is 6.37. The van der Waals surface area contributed by atoms with Crippen LogP contribution in [0, 0.1) is 20.8 Å². The number of benzene rings is 1. The standard InChI is InChI=1S/C15H18N2O2/c1-5-11-13(14(18)17-15(19)16-11)12-9(3)6-8(2)7-10(12)4/h6-7H,5H2,1-4H3,(H2,16,17,18,19). The van der Waals surface area contributed by atoms with E-state index in [1.165, 1.54) is 0 Å². The minimum absolute atomic E-state index is 0.323. The number of aromatic amines is 2. The highest BCUT2D eigenvalue weighted by atomic mass is 16.2. The van der Waals surface area contributed by atoms with E-state index >= 15 is 0 Å². The van der Waals surface area contributed by atoms with Gasteiger partial charge in [0.05, 0.1) is 5.56 Å². The van der Waals surface area contributed by atoms with Gasteiger partial charge in [0.25, 0.3) is 5.56 Å². The van der Waals surface area contributed by atoms with Gasteiger partial charge in [0, 0.05) is 5.69 Å². The van der Waals surface area contributed by atoms with Crippen molar-refractivity contribution in [1.82, 2.24) is 9.97 Å². The first-order chi connectivity index (χ1) is 8.93. The molecule has 0 spiro atoms. The molecular formula is C15H18N2O2. The topological polar surface area (TPSA) is 65.7 Å². The van der Waals surface area contributed by atoms with Gasteiger partial charge in [-0.2, -0.15) is 0 Å². The third-order valence-electron chi connectivity index (χ3n) is 3.30. The highest BCUT2D eigenvalue weighted by Crippen LogP contribution is 2.27. The molecule has 0 radical (unpaired) electrons. The molecule has 1 heterocycles. The van der Waals surface area contributed by atoms with E-state index in [0.29, 0.717) is 17.7 Å². The van der Waals surface area contributed by atoms with E-state index in [1.54, 1.807) is 0 Å². The van der Waals surface area contributed by atoms with Gasteiger partial charge in [0.1, 0.15) is 0 Å². The maximum atomic E-state index is 12.1. The van der Waals surface area contributed by atoms with Gasteiger partial charge in [0.2, 0.25) is 0 Å². The molecule has 1 aromatic carbocycles. The molecule has 0 aliphatic heterocycles. The molecule has 2 N–H and O–H groups in total. The molecule has 1 aromatic heterocycles. The molecule has 0 amide bonds. The summed E-state index contributed by atoms with van der Waals surface area (Å²) in [4.78, 5) is 28.5. The van der Waals surface area contributed by atoms with Crippen LogP contribution in [0.3, 0.4) is 0 Å². The molecule has 4 heteroatoms. The van der Waals surface area contributed by atoms with Crippen molar-refractivity contribution in [2.45, 2.75) is 34.1 Å². The fourth-order valence-electron chi connectivity index (χ4n) is 2.64. The highest BCUT2D eigenvalue weighted by molar-refractivity contribution is 5.72. The fourth-order valence-corrected chi connectivity index (χ4v) is 2.64. The van der Waals surface area contributed by atoms with Crippen LogP contribution in [0.5, 0.6) is 0 Å². The Morgan fingerprint density at radius 2 is 1.53 bits per heavy atom. The first-order valence-corrected chi connectivity index (χ1v) is 6.37. The van der Waals surface area contributed by atoms with Gasteiger partial charge in [-0.3, -0.25) is 9.78 Å². The Kier molecular flexibility index (Phi) is 3.42. The molecule has 0 saturated heterocycles. The summed E-state index contributed by atoms with van der Waals surface area (Å²) in [6.07, 6.45) is 0.612. The van der Waals surface area contributed by atoms with Crippen molar-refractivity contribution in [3.05, 3.63) is 55.4 Å². The molecule has 4 nitrogen and oxygen atoms in total. The summed E-state index contributed by atoms with van der Waals surface area (Å²) in [5.74, 6) is 0. The van der Waals surface area contributed by atoms with Crippen LogP contribution in [0.15, 0.2) is 21.7 Å². The molecule has 2 aromatic rings. The summed E-state index contributed by atoms with van der Waals surface area (Å²) in [7, 11) is 0. The molecule has 0 atom stereocenters. The van der Waals surface area contributed by atoms with Crippen molar-refractivity contribution in [2.24, 2.45) is 0 Å². The van der Waals surface area contributed by atoms with Gasteiger partial charge in [-0.25, -0.2) is 4.79 Å². The predicted octanol–water partition coefficient (Wildman–Crippen LogP) is 2.22. The van der Waals surface area contributed by atoms with Crippen molar-refractivity contribution in [3.8, 4) is 11.1 Å². The Balaban J connectivity index is 2.87. The van der Waals surface area contributed by atoms with E-state index in [-0.39, 0.29) is 5.56 Å². The van der Waals surface area contributed by atoms with Crippen LogP contribution in [0.4, 0.5) is 0 Å². The van der Waals surface area contributed by atoms with Crippen LogP contribution in [0.2, 0.25) is 0 Å². The lowest BCUT2D eigenvalue weighted by molar-refractivity contribution is 0.939. The summed E-state index contributed by atoms with van der Waals surface area (Å²) in [6.45, 7) is 7.92. The van der Waals surface area contributed by atoms with Crippen LogP contribution in [-0.4, -0.2) is 9.97 Å². The first kappa shape index (κ1) is 13.3. The zero-order chi connectivity index (χ0) is 14.2. The fraction of sp³-hybridized carbons (Fsp3) is 0.333. The molecule has 0 fully saturated rings. The second-order valence-electron chi connectivity index (χ2n) is 4.89. The van der Waals surface area contributed by atoms with Gasteiger partial charge in [-0.05, 0) is 43.9 Å². The molecule has 2 rings (SSSR count). The molecule has 19 heavy (non-hydrogen) atoms. The monoisotopic (exact) mass is 258 g/mol. The van der Waals surface area contributed by atoms with Crippen molar-refractivity contribution in [2.75, 3.05) is 0 Å². The van der Waals surface area contributed by atoms with E-state index in [0.717, 1.165) is 22.3 Å². The normalized spacial score (nSPS) is 10.7. The van der Waals surface area contributed by atoms with Crippen LogP contribution >= 0.6 is 0 Å². The lowest BCUT2D eigenvalue weighted by Crippen LogP contribution is -2.26. The summed E-state index contributed by atoms with van der Waals surface area (Å²) < 4.78 is 0. The molecule has 0 saturated carbocycles. The van der Waals surface area contributed by atoms with Crippen LogP contribution in [-0.2, 0) is 6.42 Å². The largest absolute Gasteiger partial charge is 0.325 e. The lowest BCUT2D eigenvalue weighted by Gasteiger charge is -2.13. The number of nitrogens with one attached hydrogen (secondary N) is 2. The van der Waals surface area contributed by atoms with Crippen LogP contribution in [0.1, 0.15) is 29.3 Å². The summed E-state index contributed by atoms with van der Waals surface area (Å²) in [6, 6.07) is 4.10. The summed E-state index contributed by atoms with van der Waals surface area (Å²) in [5.41, 5.74) is 4.66. The molecule has 0 bridgehead atoms. The zero-order valence-electron chi connectivity index (χ0n) is 11.7. The number of hydrogen-bond donors (Lipinski definition) is 2. The van der Waals surface area contributed by atoms with Crippen molar-refractivity contribution in [3.63, 3.8) is 0 Å². The van der Waals surface area contributed by atoms with E-state index in [2.05, 4.69) is 9.97 Å². The number of H-pyrrole nitrogens is 2. The second-order valence-corrected chi connectivity index (χ2v) is 4.89. The average molecular weight is 258 g/mol. The quantitative estimate of drug-likeness (QED) is 0.867. The zero-order valence-corrected chi connectivity index (χ0v) is 11.7. The van der Waals surface area contributed by atoms with Gasteiger partial charge in [0.15, 0.2) is 0 Å². The second kappa shape index (κ2) is 4.88. The molecular weight excluding hydrogens is 240 g/mol. The minimum Gasteiger partial charge on any atom is -0.311 e. The highest BCUT2D eigenvalue weighted by Gasteiger charge is 2.15. The van der Waals surface area contributed by atoms with Crippen LogP contribution in [0.25, 0.3) is 11.1 Å². The summed E-state index contributed by atoms with van der Waals surface area (Å²) >= 11 is 0. The SMILES string of the molecule is CCc1[nH]c(=O)[nH]c(=O)c1-c1c(C)cc(C)cc1C. The summed E-state index contributed by atoms with van der Waals surface area (Å²) in [5, 5.41) is 0. The van der Waals surface area contributed by atoms with Gasteiger partial charge in [-0.1, -0.05) is 24.6 Å². The maximum Gasteiger partial charge on any atom is 0.325 e. The minimum atomic E-state index is -0.451. The van der Waals surface area contributed by atoms with Crippen LogP contribution < -0.4 is 11.2 Å². The molecule has 0 aliphatic rings. The van der Waals surface area contributed by atoms with E-state index in [4.69, 9.17) is 0 Å². The number of aromatic nitrogens is 2. The maximum absolute atomic E-state index is 12.1. The number of hydrogen-bond acceptors (Lipinski definition) is 2. The van der Waals surface area contributed by atoms with Gasteiger partial charge < -0.3 is 4.98 Å². The smallest absolute Gasteiger partial charge is 0.311 e. The molecule has 0 aliphatic carbocycles. The molecule has 100 valence electrons. The van der Waals surface area contributed by atoms with E-state index < -0.39 is 5.69 Å². The Labute approximate surface area is 111 Å². The Bertz CT molecular complexity index is 716. The molecule has 0 unspecified atom stereocenters. The Hall–Kier alpha value is -2.10. The number of aryl methyl sites for hydroxylation is 4. The van der Waals surface area contributed by atoms with Crippen molar-refractivity contribution >= 4 is 0 Å². The average Bonchev–Trinajstić information content (AvgIpc) is 2.29. The van der Waals surface area contributed by atoms with E-state index in [9.17, 15) is 9.59 Å². The van der Waals surface area contributed by atoms with Crippen molar-refractivity contribution in [1.29, 1.82) is 0 Å². The third-order valence-corrected chi connectivity index (χ3v) is 3.30. The van der Waals surface area contributed by atoms with Gasteiger partial charge in [-0.15, -0.1) is 0 Å². The predicted molar refractivity (Wildman–Crippen MR) is 76.7 cm³/mol. The van der Waals surface area contributed by atoms with Gasteiger partial charge >= 0.3 is 5.69 Å². The Morgan fingerprint density at radius 1 is 0.947 bits per heavy atom. The lowest BCUT2D eigenvalue weighted by atomic mass is 9.93. The third kappa shape index (κ3) is 2.38. The Morgan fingerprint density at radius 3 is 2.05 bits per heavy atom. The van der Waals surface area contributed by atoms with Crippen molar-refractivity contribution < 1.29 is 0 Å². The number of rotatable bonds is 2.